The van der Waals surface area contributed by atoms with Gasteiger partial charge in [0.2, 0.25) is 10.0 Å². The summed E-state index contributed by atoms with van der Waals surface area (Å²) in [5.41, 5.74) is 0.245. The Kier molecular flexibility index (Phi) is 5.02. The van der Waals surface area contributed by atoms with Crippen LogP contribution in [0.3, 0.4) is 0 Å². The van der Waals surface area contributed by atoms with Gasteiger partial charge in [-0.3, -0.25) is 4.79 Å². The van der Waals surface area contributed by atoms with E-state index in [1.807, 2.05) is 6.92 Å². The normalized spacial score (nSPS) is 16.7. The molecule has 0 spiro atoms. The van der Waals surface area contributed by atoms with Crippen molar-refractivity contribution in [2.24, 2.45) is 5.92 Å². The molecule has 0 aliphatic heterocycles. The second-order valence-electron chi connectivity index (χ2n) is 5.24. The van der Waals surface area contributed by atoms with Crippen molar-refractivity contribution >= 4 is 15.9 Å². The number of carbonyl (C=O) groups excluding carboxylic acids is 1. The van der Waals surface area contributed by atoms with E-state index in [4.69, 9.17) is 4.74 Å². The van der Waals surface area contributed by atoms with Crippen molar-refractivity contribution in [3.63, 3.8) is 0 Å². The highest BCUT2D eigenvalue weighted by atomic mass is 32.2. The molecule has 21 heavy (non-hydrogen) atoms. The van der Waals surface area contributed by atoms with Gasteiger partial charge >= 0.3 is 0 Å². The van der Waals surface area contributed by atoms with Crippen LogP contribution in [0.2, 0.25) is 0 Å². The lowest BCUT2D eigenvalue weighted by molar-refractivity contribution is 0.0931. The minimum Gasteiger partial charge on any atom is -0.383 e. The van der Waals surface area contributed by atoms with Crippen LogP contribution in [0.25, 0.3) is 0 Å². The van der Waals surface area contributed by atoms with Crippen LogP contribution in [0.4, 0.5) is 0 Å². The zero-order valence-corrected chi connectivity index (χ0v) is 13.0. The third-order valence-electron chi connectivity index (χ3n) is 3.50. The van der Waals surface area contributed by atoms with Gasteiger partial charge in [0.25, 0.3) is 5.91 Å². The summed E-state index contributed by atoms with van der Waals surface area (Å²) < 4.78 is 31.1. The van der Waals surface area contributed by atoms with Gasteiger partial charge in [0, 0.05) is 25.9 Å². The summed E-state index contributed by atoms with van der Waals surface area (Å²) in [4.78, 5) is 14.8. The highest BCUT2D eigenvalue weighted by Crippen LogP contribution is 2.32. The highest BCUT2D eigenvalue weighted by molar-refractivity contribution is 7.89. The van der Waals surface area contributed by atoms with Crippen LogP contribution in [0.5, 0.6) is 0 Å². The van der Waals surface area contributed by atoms with Crippen LogP contribution in [0.1, 0.15) is 30.3 Å². The number of hydrogen-bond acceptors (Lipinski definition) is 4. The number of methoxy groups -OCH3 is 1. The predicted molar refractivity (Wildman–Crippen MR) is 77.5 cm³/mol. The minimum atomic E-state index is -3.62. The number of nitrogens with one attached hydrogen (secondary N) is 3. The maximum atomic E-state index is 12.0. The molecule has 8 heteroatoms. The van der Waals surface area contributed by atoms with E-state index in [9.17, 15) is 13.2 Å². The molecule has 1 fully saturated rings. The van der Waals surface area contributed by atoms with Crippen LogP contribution < -0.4 is 10.0 Å². The lowest BCUT2D eigenvalue weighted by Crippen LogP contribution is -2.34. The number of aromatic nitrogens is 1. The topological polar surface area (TPSA) is 100 Å². The molecular formula is C13H21N3O4S. The number of ether oxygens (including phenoxy) is 1. The largest absolute Gasteiger partial charge is 0.383 e. The maximum Gasteiger partial charge on any atom is 0.267 e. The standard InChI is InChI=1S/C13H21N3O4S/c1-9(10-3-4-10)16-13(17)12-7-11(8-14-12)21(18,19)15-5-6-20-2/h7-10,14-15H,3-6H2,1-2H3,(H,16,17). The van der Waals surface area contributed by atoms with E-state index in [0.29, 0.717) is 5.92 Å². The molecule has 0 aromatic carbocycles. The Labute approximate surface area is 124 Å². The first-order chi connectivity index (χ1) is 9.94. The molecule has 0 saturated heterocycles. The van der Waals surface area contributed by atoms with Gasteiger partial charge in [-0.15, -0.1) is 0 Å². The van der Waals surface area contributed by atoms with E-state index in [2.05, 4.69) is 15.0 Å². The van der Waals surface area contributed by atoms with Gasteiger partial charge in [0.15, 0.2) is 0 Å². The Morgan fingerprint density at radius 1 is 1.52 bits per heavy atom. The molecule has 0 radical (unpaired) electrons. The molecular weight excluding hydrogens is 294 g/mol. The molecule has 1 atom stereocenters. The number of hydrogen-bond donors (Lipinski definition) is 3. The smallest absolute Gasteiger partial charge is 0.267 e. The Morgan fingerprint density at radius 3 is 2.86 bits per heavy atom. The van der Waals surface area contributed by atoms with Crippen LogP contribution in [-0.4, -0.2) is 45.6 Å². The first-order valence-corrected chi connectivity index (χ1v) is 8.40. The third kappa shape index (κ3) is 4.29. The lowest BCUT2D eigenvalue weighted by atomic mass is 10.2. The fourth-order valence-electron chi connectivity index (χ4n) is 2.02. The number of amides is 1. The summed E-state index contributed by atoms with van der Waals surface area (Å²) in [7, 11) is -2.12. The number of rotatable bonds is 8. The Balaban J connectivity index is 1.97. The molecule has 1 unspecified atom stereocenters. The summed E-state index contributed by atoms with van der Waals surface area (Å²) in [6.07, 6.45) is 3.58. The summed E-state index contributed by atoms with van der Waals surface area (Å²) in [6, 6.07) is 1.45. The van der Waals surface area contributed by atoms with E-state index in [0.717, 1.165) is 12.8 Å². The van der Waals surface area contributed by atoms with Gasteiger partial charge in [-0.2, -0.15) is 0 Å². The Morgan fingerprint density at radius 2 is 2.24 bits per heavy atom. The summed E-state index contributed by atoms with van der Waals surface area (Å²) in [5.74, 6) is 0.260. The number of sulfonamides is 1. The molecule has 2 rings (SSSR count). The van der Waals surface area contributed by atoms with Crippen molar-refractivity contribution in [3.05, 3.63) is 18.0 Å². The van der Waals surface area contributed by atoms with Crippen molar-refractivity contribution in [2.75, 3.05) is 20.3 Å². The van der Waals surface area contributed by atoms with Crippen molar-refractivity contribution in [3.8, 4) is 0 Å². The molecule has 7 nitrogen and oxygen atoms in total. The van der Waals surface area contributed by atoms with E-state index in [-0.39, 0.29) is 35.7 Å². The molecule has 1 aliphatic rings. The molecule has 0 bridgehead atoms. The van der Waals surface area contributed by atoms with Crippen LogP contribution in [0, 0.1) is 5.92 Å². The second kappa shape index (κ2) is 6.59. The number of H-pyrrole nitrogens is 1. The van der Waals surface area contributed by atoms with E-state index < -0.39 is 10.0 Å². The number of carbonyl (C=O) groups is 1. The van der Waals surface area contributed by atoms with E-state index in [1.54, 1.807) is 0 Å². The van der Waals surface area contributed by atoms with E-state index in [1.165, 1.54) is 19.4 Å². The van der Waals surface area contributed by atoms with Gasteiger partial charge in [-0.05, 0) is 31.7 Å². The molecule has 1 amide bonds. The zero-order valence-electron chi connectivity index (χ0n) is 12.2. The minimum absolute atomic E-state index is 0.0443. The fraction of sp³-hybridized carbons (Fsp3) is 0.615. The molecule has 1 aromatic heterocycles. The molecule has 1 aliphatic carbocycles. The molecule has 1 saturated carbocycles. The van der Waals surface area contributed by atoms with Crippen LogP contribution in [-0.2, 0) is 14.8 Å². The summed E-state index contributed by atoms with van der Waals surface area (Å²) >= 11 is 0. The van der Waals surface area contributed by atoms with Crippen LogP contribution in [0.15, 0.2) is 17.2 Å². The van der Waals surface area contributed by atoms with Crippen molar-refractivity contribution in [1.82, 2.24) is 15.0 Å². The second-order valence-corrected chi connectivity index (χ2v) is 7.01. The monoisotopic (exact) mass is 315 g/mol. The Hall–Kier alpha value is -1.38. The van der Waals surface area contributed by atoms with Crippen LogP contribution >= 0.6 is 0 Å². The summed E-state index contributed by atoms with van der Waals surface area (Å²) in [5, 5.41) is 2.87. The Bertz CT molecular complexity index is 592. The summed E-state index contributed by atoms with van der Waals surface area (Å²) in [6.45, 7) is 2.43. The van der Waals surface area contributed by atoms with Gasteiger partial charge in [0.1, 0.15) is 10.6 Å². The molecule has 1 heterocycles. The third-order valence-corrected chi connectivity index (χ3v) is 4.94. The van der Waals surface area contributed by atoms with Crippen molar-refractivity contribution in [2.45, 2.75) is 30.7 Å². The number of aromatic amines is 1. The zero-order chi connectivity index (χ0) is 15.5. The van der Waals surface area contributed by atoms with E-state index >= 15 is 0 Å². The van der Waals surface area contributed by atoms with Gasteiger partial charge in [-0.25, -0.2) is 13.1 Å². The molecule has 3 N–H and O–H groups in total. The average molecular weight is 315 g/mol. The van der Waals surface area contributed by atoms with Gasteiger partial charge < -0.3 is 15.0 Å². The quantitative estimate of drug-likeness (QED) is 0.607. The van der Waals surface area contributed by atoms with Crippen molar-refractivity contribution in [1.29, 1.82) is 0 Å². The highest BCUT2D eigenvalue weighted by Gasteiger charge is 2.29. The predicted octanol–water partition coefficient (Wildman–Crippen LogP) is 0.468. The first-order valence-electron chi connectivity index (χ1n) is 6.92. The first kappa shape index (κ1) is 16.0. The SMILES string of the molecule is COCCNS(=O)(=O)c1c[nH]c(C(=O)NC(C)C2CC2)c1. The lowest BCUT2D eigenvalue weighted by Gasteiger charge is -2.11. The maximum absolute atomic E-state index is 12.0. The van der Waals surface area contributed by atoms with Crippen molar-refractivity contribution < 1.29 is 17.9 Å². The van der Waals surface area contributed by atoms with Gasteiger partial charge in [-0.1, -0.05) is 0 Å². The molecule has 1 aromatic rings. The van der Waals surface area contributed by atoms with Gasteiger partial charge in [0.05, 0.1) is 6.61 Å². The molecule has 118 valence electrons. The average Bonchev–Trinajstić information content (AvgIpc) is 3.15. The fourth-order valence-corrected chi connectivity index (χ4v) is 3.03.